The third kappa shape index (κ3) is 4.45. The van der Waals surface area contributed by atoms with Crippen molar-refractivity contribution in [2.45, 2.75) is 44.7 Å². The molecule has 1 fully saturated rings. The largest absolute Gasteiger partial charge is 0.338 e. The first-order valence-corrected chi connectivity index (χ1v) is 10.3. The van der Waals surface area contributed by atoms with Gasteiger partial charge in [0.25, 0.3) is 0 Å². The van der Waals surface area contributed by atoms with Crippen LogP contribution in [0.3, 0.4) is 0 Å². The Morgan fingerprint density at radius 1 is 1.44 bits per heavy atom. The van der Waals surface area contributed by atoms with Crippen LogP contribution in [0.5, 0.6) is 0 Å². The molecule has 0 aliphatic carbocycles. The number of hydrogen-bond donors (Lipinski definition) is 1. The minimum Gasteiger partial charge on any atom is -0.338 e. The molecule has 25 heavy (non-hydrogen) atoms. The van der Waals surface area contributed by atoms with E-state index in [-0.39, 0.29) is 18.3 Å². The summed E-state index contributed by atoms with van der Waals surface area (Å²) in [6.45, 7) is 9.10. The van der Waals surface area contributed by atoms with Crippen molar-refractivity contribution in [2.24, 2.45) is 0 Å². The number of amides is 1. The number of carbonyl (C=O) groups excluding carboxylic acids is 1. The number of carbonyl (C=O) groups is 1. The maximum Gasteiger partial charge on any atom is 0.233 e. The van der Waals surface area contributed by atoms with Crippen LogP contribution in [-0.2, 0) is 4.79 Å². The number of hydrogen-bond acceptors (Lipinski definition) is 6. The Labute approximate surface area is 163 Å². The predicted octanol–water partition coefficient (Wildman–Crippen LogP) is 3.42. The lowest BCUT2D eigenvalue weighted by molar-refractivity contribution is -0.130. The monoisotopic (exact) mass is 400 g/mol. The molecule has 8 heteroatoms. The first kappa shape index (κ1) is 20.4. The first-order valence-electron chi connectivity index (χ1n) is 8.45. The number of aryl methyl sites for hydroxylation is 2. The highest BCUT2D eigenvalue weighted by Crippen LogP contribution is 2.34. The number of thioether (sulfide) groups is 1. The SMILES string of the molecule is CCCN(C(=O)CSc1ncnc2sc(C)c(C)c12)C1CCNC1.Cl. The highest BCUT2D eigenvalue weighted by atomic mass is 35.5. The summed E-state index contributed by atoms with van der Waals surface area (Å²) in [5.41, 5.74) is 1.23. The molecule has 0 spiro atoms. The Morgan fingerprint density at radius 2 is 2.24 bits per heavy atom. The molecule has 1 N–H and O–H groups in total. The summed E-state index contributed by atoms with van der Waals surface area (Å²) in [5, 5.41) is 5.39. The van der Waals surface area contributed by atoms with Gasteiger partial charge in [-0.05, 0) is 38.8 Å². The van der Waals surface area contributed by atoms with Gasteiger partial charge >= 0.3 is 0 Å². The normalized spacial score (nSPS) is 16.8. The zero-order chi connectivity index (χ0) is 17.1. The van der Waals surface area contributed by atoms with E-state index in [0.717, 1.165) is 47.7 Å². The number of nitrogens with one attached hydrogen (secondary N) is 1. The Bertz CT molecular complexity index is 731. The summed E-state index contributed by atoms with van der Waals surface area (Å²) in [4.78, 5) is 25.9. The molecule has 2 aromatic heterocycles. The van der Waals surface area contributed by atoms with Crippen molar-refractivity contribution in [3.63, 3.8) is 0 Å². The summed E-state index contributed by atoms with van der Waals surface area (Å²) in [7, 11) is 0. The standard InChI is InChI=1S/C17H24N4OS2.ClH/c1-4-7-21(13-5-6-18-8-13)14(22)9-23-16-15-11(2)12(3)24-17(15)20-10-19-16;/h10,13,18H,4-9H2,1-3H3;1H. The van der Waals surface area contributed by atoms with Crippen LogP contribution in [0.25, 0.3) is 10.2 Å². The quantitative estimate of drug-likeness (QED) is 0.594. The van der Waals surface area contributed by atoms with E-state index < -0.39 is 0 Å². The van der Waals surface area contributed by atoms with Gasteiger partial charge in [-0.15, -0.1) is 23.7 Å². The first-order chi connectivity index (χ1) is 11.6. The molecule has 1 aliphatic rings. The Balaban J connectivity index is 0.00000225. The van der Waals surface area contributed by atoms with E-state index in [1.165, 1.54) is 10.4 Å². The molecule has 0 bridgehead atoms. The Kier molecular flexibility index (Phi) is 7.49. The molecule has 1 amide bonds. The lowest BCUT2D eigenvalue weighted by atomic mass is 10.2. The van der Waals surface area contributed by atoms with E-state index in [0.29, 0.717) is 11.8 Å². The van der Waals surface area contributed by atoms with E-state index in [2.05, 4.69) is 41.0 Å². The van der Waals surface area contributed by atoms with Gasteiger partial charge in [-0.25, -0.2) is 9.97 Å². The summed E-state index contributed by atoms with van der Waals surface area (Å²) in [6.07, 6.45) is 3.65. The number of fused-ring (bicyclic) bond motifs is 1. The van der Waals surface area contributed by atoms with Crippen LogP contribution in [0.2, 0.25) is 0 Å². The molecule has 1 saturated heterocycles. The van der Waals surface area contributed by atoms with Gasteiger partial charge in [-0.2, -0.15) is 0 Å². The second-order valence-electron chi connectivity index (χ2n) is 6.16. The van der Waals surface area contributed by atoms with Gasteiger partial charge in [-0.1, -0.05) is 18.7 Å². The van der Waals surface area contributed by atoms with Gasteiger partial charge < -0.3 is 10.2 Å². The molecular formula is C17H25ClN4OS2. The molecular weight excluding hydrogens is 376 g/mol. The number of nitrogens with zero attached hydrogens (tertiary/aromatic N) is 3. The number of rotatable bonds is 6. The molecule has 1 aliphatic heterocycles. The fourth-order valence-electron chi connectivity index (χ4n) is 3.13. The van der Waals surface area contributed by atoms with Crippen molar-refractivity contribution in [1.82, 2.24) is 20.2 Å². The molecule has 0 aromatic carbocycles. The van der Waals surface area contributed by atoms with Crippen molar-refractivity contribution >= 4 is 51.6 Å². The van der Waals surface area contributed by atoms with Crippen LogP contribution in [-0.4, -0.2) is 52.2 Å². The molecule has 5 nitrogen and oxygen atoms in total. The molecule has 2 aromatic rings. The Morgan fingerprint density at radius 3 is 2.92 bits per heavy atom. The van der Waals surface area contributed by atoms with Gasteiger partial charge in [0.05, 0.1) is 5.75 Å². The topological polar surface area (TPSA) is 58.1 Å². The average Bonchev–Trinajstić information content (AvgIpc) is 3.20. The molecule has 0 radical (unpaired) electrons. The lowest BCUT2D eigenvalue weighted by Crippen LogP contribution is -2.43. The van der Waals surface area contributed by atoms with Crippen molar-refractivity contribution in [3.05, 3.63) is 16.8 Å². The van der Waals surface area contributed by atoms with Gasteiger partial charge in [0.2, 0.25) is 5.91 Å². The Hall–Kier alpha value is -0.890. The summed E-state index contributed by atoms with van der Waals surface area (Å²) < 4.78 is 0. The van der Waals surface area contributed by atoms with E-state index >= 15 is 0 Å². The van der Waals surface area contributed by atoms with Crippen LogP contribution >= 0.6 is 35.5 Å². The minimum atomic E-state index is 0. The molecule has 3 heterocycles. The maximum atomic E-state index is 12.8. The van der Waals surface area contributed by atoms with E-state index in [4.69, 9.17) is 0 Å². The van der Waals surface area contributed by atoms with Gasteiger partial charge in [0.15, 0.2) is 0 Å². The van der Waals surface area contributed by atoms with E-state index in [1.807, 2.05) is 0 Å². The van der Waals surface area contributed by atoms with Gasteiger partial charge in [-0.3, -0.25) is 4.79 Å². The van der Waals surface area contributed by atoms with Crippen LogP contribution in [0, 0.1) is 13.8 Å². The maximum absolute atomic E-state index is 12.8. The van der Waals surface area contributed by atoms with Crippen LogP contribution in [0.4, 0.5) is 0 Å². The van der Waals surface area contributed by atoms with Crippen LogP contribution < -0.4 is 5.32 Å². The zero-order valence-corrected chi connectivity index (χ0v) is 17.3. The number of halogens is 1. The van der Waals surface area contributed by atoms with Gasteiger partial charge in [0.1, 0.15) is 16.2 Å². The smallest absolute Gasteiger partial charge is 0.233 e. The van der Waals surface area contributed by atoms with E-state index in [1.54, 1.807) is 29.4 Å². The summed E-state index contributed by atoms with van der Waals surface area (Å²) in [6, 6.07) is 0.341. The number of aromatic nitrogens is 2. The second kappa shape index (κ2) is 9.16. The third-order valence-corrected chi connectivity index (χ3v) is 6.61. The number of thiophene rings is 1. The molecule has 0 saturated carbocycles. The highest BCUT2D eigenvalue weighted by molar-refractivity contribution is 8.00. The zero-order valence-electron chi connectivity index (χ0n) is 14.9. The van der Waals surface area contributed by atoms with Crippen LogP contribution in [0.1, 0.15) is 30.2 Å². The lowest BCUT2D eigenvalue weighted by Gasteiger charge is -2.28. The van der Waals surface area contributed by atoms with Crippen molar-refractivity contribution in [1.29, 1.82) is 0 Å². The second-order valence-corrected chi connectivity index (χ2v) is 8.33. The molecule has 1 atom stereocenters. The van der Waals surface area contributed by atoms with Crippen molar-refractivity contribution in [2.75, 3.05) is 25.4 Å². The highest BCUT2D eigenvalue weighted by Gasteiger charge is 2.26. The van der Waals surface area contributed by atoms with Crippen molar-refractivity contribution in [3.8, 4) is 0 Å². The summed E-state index contributed by atoms with van der Waals surface area (Å²) in [5.74, 6) is 0.656. The minimum absolute atomic E-state index is 0. The third-order valence-electron chi connectivity index (χ3n) is 4.52. The van der Waals surface area contributed by atoms with E-state index in [9.17, 15) is 4.79 Å². The van der Waals surface area contributed by atoms with Crippen LogP contribution in [0.15, 0.2) is 11.4 Å². The fourth-order valence-corrected chi connectivity index (χ4v) is 5.13. The van der Waals surface area contributed by atoms with Gasteiger partial charge in [0, 0.05) is 29.4 Å². The average molecular weight is 401 g/mol. The molecule has 3 rings (SSSR count). The fraction of sp³-hybridized carbons (Fsp3) is 0.588. The van der Waals surface area contributed by atoms with Crippen molar-refractivity contribution < 1.29 is 4.79 Å². The summed E-state index contributed by atoms with van der Waals surface area (Å²) >= 11 is 3.24. The molecule has 138 valence electrons. The predicted molar refractivity (Wildman–Crippen MR) is 108 cm³/mol. The molecule has 1 unspecified atom stereocenters.